The van der Waals surface area contributed by atoms with Gasteiger partial charge in [0.1, 0.15) is 0 Å². The van der Waals surface area contributed by atoms with Crippen molar-refractivity contribution >= 4 is 11.8 Å². The van der Waals surface area contributed by atoms with Crippen LogP contribution in [0, 0.1) is 11.8 Å². The van der Waals surface area contributed by atoms with Crippen molar-refractivity contribution in [1.29, 1.82) is 0 Å². The molecule has 0 spiro atoms. The summed E-state index contributed by atoms with van der Waals surface area (Å²) in [6, 6.07) is -0.00891. The third-order valence-corrected chi connectivity index (χ3v) is 4.12. The van der Waals surface area contributed by atoms with Crippen LogP contribution in [0.4, 0.5) is 0 Å². The van der Waals surface area contributed by atoms with Crippen LogP contribution >= 0.6 is 0 Å². The molecular formula is C13H23N3O2. The maximum Gasteiger partial charge on any atom is 0.222 e. The van der Waals surface area contributed by atoms with Gasteiger partial charge in [0.05, 0.1) is 6.04 Å². The molecule has 1 heterocycles. The SMILES string of the molecule is NCC1CCC(CC(=O)NC2CNC(=O)C2)CC1. The molecule has 0 radical (unpaired) electrons. The smallest absolute Gasteiger partial charge is 0.222 e. The molecule has 1 saturated carbocycles. The third-order valence-electron chi connectivity index (χ3n) is 4.12. The second-order valence-corrected chi connectivity index (χ2v) is 5.60. The zero-order valence-corrected chi connectivity index (χ0v) is 10.8. The Kier molecular flexibility index (Phi) is 4.58. The van der Waals surface area contributed by atoms with Crippen molar-refractivity contribution in [3.05, 3.63) is 0 Å². The maximum absolute atomic E-state index is 11.9. The van der Waals surface area contributed by atoms with Crippen molar-refractivity contribution in [2.45, 2.75) is 44.6 Å². The van der Waals surface area contributed by atoms with Crippen LogP contribution < -0.4 is 16.4 Å². The van der Waals surface area contributed by atoms with Crippen LogP contribution in [0.15, 0.2) is 0 Å². The average Bonchev–Trinajstić information content (AvgIpc) is 2.75. The zero-order valence-electron chi connectivity index (χ0n) is 10.8. The van der Waals surface area contributed by atoms with E-state index in [1.54, 1.807) is 0 Å². The molecule has 0 bridgehead atoms. The monoisotopic (exact) mass is 253 g/mol. The third kappa shape index (κ3) is 3.70. The van der Waals surface area contributed by atoms with Gasteiger partial charge in [0.2, 0.25) is 11.8 Å². The molecule has 2 rings (SSSR count). The Hall–Kier alpha value is -1.10. The fourth-order valence-electron chi connectivity index (χ4n) is 2.93. The summed E-state index contributed by atoms with van der Waals surface area (Å²) in [5.41, 5.74) is 5.65. The van der Waals surface area contributed by atoms with Crippen molar-refractivity contribution in [1.82, 2.24) is 10.6 Å². The Morgan fingerprint density at radius 3 is 2.50 bits per heavy atom. The lowest BCUT2D eigenvalue weighted by molar-refractivity contribution is -0.123. The highest BCUT2D eigenvalue weighted by Gasteiger charge is 2.26. The van der Waals surface area contributed by atoms with Crippen LogP contribution in [0.1, 0.15) is 38.5 Å². The Bertz CT molecular complexity index is 311. The van der Waals surface area contributed by atoms with Gasteiger partial charge in [0.15, 0.2) is 0 Å². The van der Waals surface area contributed by atoms with Crippen molar-refractivity contribution in [3.8, 4) is 0 Å². The average molecular weight is 253 g/mol. The van der Waals surface area contributed by atoms with Crippen molar-refractivity contribution in [2.75, 3.05) is 13.1 Å². The summed E-state index contributed by atoms with van der Waals surface area (Å²) in [7, 11) is 0. The summed E-state index contributed by atoms with van der Waals surface area (Å²) in [6.07, 6.45) is 5.54. The molecule has 0 aromatic rings. The van der Waals surface area contributed by atoms with E-state index in [9.17, 15) is 9.59 Å². The van der Waals surface area contributed by atoms with E-state index in [2.05, 4.69) is 10.6 Å². The first kappa shape index (κ1) is 13.3. The van der Waals surface area contributed by atoms with Crippen molar-refractivity contribution in [3.63, 3.8) is 0 Å². The normalized spacial score (nSPS) is 32.1. The quantitative estimate of drug-likeness (QED) is 0.666. The lowest BCUT2D eigenvalue weighted by atomic mass is 9.80. The van der Waals surface area contributed by atoms with Crippen LogP contribution in [0.2, 0.25) is 0 Å². The highest BCUT2D eigenvalue weighted by atomic mass is 16.2. The summed E-state index contributed by atoms with van der Waals surface area (Å²) in [6.45, 7) is 1.35. The van der Waals surface area contributed by atoms with Gasteiger partial charge < -0.3 is 16.4 Å². The number of hydrogen-bond acceptors (Lipinski definition) is 3. The predicted molar refractivity (Wildman–Crippen MR) is 68.7 cm³/mol. The minimum atomic E-state index is -0.00891. The van der Waals surface area contributed by atoms with E-state index >= 15 is 0 Å². The van der Waals surface area contributed by atoms with Crippen LogP contribution in [0.25, 0.3) is 0 Å². The second-order valence-electron chi connectivity index (χ2n) is 5.60. The van der Waals surface area contributed by atoms with Crippen molar-refractivity contribution in [2.24, 2.45) is 17.6 Å². The number of nitrogens with one attached hydrogen (secondary N) is 2. The highest BCUT2D eigenvalue weighted by molar-refractivity contribution is 5.82. The fourth-order valence-corrected chi connectivity index (χ4v) is 2.93. The van der Waals surface area contributed by atoms with Gasteiger partial charge >= 0.3 is 0 Å². The van der Waals surface area contributed by atoms with Crippen LogP contribution in [0.3, 0.4) is 0 Å². The first-order valence-corrected chi connectivity index (χ1v) is 6.93. The van der Waals surface area contributed by atoms with Gasteiger partial charge in [0.25, 0.3) is 0 Å². The lowest BCUT2D eigenvalue weighted by Gasteiger charge is -2.27. The first-order chi connectivity index (χ1) is 8.67. The molecule has 102 valence electrons. The largest absolute Gasteiger partial charge is 0.354 e. The molecule has 2 fully saturated rings. The van der Waals surface area contributed by atoms with Gasteiger partial charge in [-0.25, -0.2) is 0 Å². The number of carbonyl (C=O) groups excluding carboxylic acids is 2. The van der Waals surface area contributed by atoms with Gasteiger partial charge in [-0.2, -0.15) is 0 Å². The molecule has 4 N–H and O–H groups in total. The molecule has 1 saturated heterocycles. The van der Waals surface area contributed by atoms with Gasteiger partial charge in [0, 0.05) is 19.4 Å². The molecule has 5 heteroatoms. The second kappa shape index (κ2) is 6.18. The molecule has 1 aliphatic heterocycles. The molecule has 0 aromatic carbocycles. The molecule has 2 aliphatic rings. The summed E-state index contributed by atoms with van der Waals surface area (Å²) in [5.74, 6) is 1.27. The van der Waals surface area contributed by atoms with E-state index in [4.69, 9.17) is 5.73 Å². The molecule has 18 heavy (non-hydrogen) atoms. The number of hydrogen-bond donors (Lipinski definition) is 3. The number of rotatable bonds is 4. The molecule has 1 unspecified atom stereocenters. The highest BCUT2D eigenvalue weighted by Crippen LogP contribution is 2.30. The zero-order chi connectivity index (χ0) is 13.0. The number of carbonyl (C=O) groups is 2. The van der Waals surface area contributed by atoms with E-state index in [1.807, 2.05) is 0 Å². The van der Waals surface area contributed by atoms with E-state index in [1.165, 1.54) is 0 Å². The van der Waals surface area contributed by atoms with Crippen molar-refractivity contribution < 1.29 is 9.59 Å². The van der Waals surface area contributed by atoms with Gasteiger partial charge in [-0.1, -0.05) is 0 Å². The van der Waals surface area contributed by atoms with Gasteiger partial charge in [-0.15, -0.1) is 0 Å². The summed E-state index contributed by atoms with van der Waals surface area (Å²) in [4.78, 5) is 22.9. The van der Waals surface area contributed by atoms with Crippen LogP contribution in [0.5, 0.6) is 0 Å². The van der Waals surface area contributed by atoms with Crippen LogP contribution in [-0.4, -0.2) is 30.9 Å². The molecule has 1 aliphatic carbocycles. The minimum absolute atomic E-state index is 0.00891. The van der Waals surface area contributed by atoms with Gasteiger partial charge in [-0.3, -0.25) is 9.59 Å². The van der Waals surface area contributed by atoms with E-state index in [0.29, 0.717) is 31.2 Å². The summed E-state index contributed by atoms with van der Waals surface area (Å²) < 4.78 is 0. The Labute approximate surface area is 108 Å². The fraction of sp³-hybridized carbons (Fsp3) is 0.846. The summed E-state index contributed by atoms with van der Waals surface area (Å²) in [5, 5.41) is 5.66. The number of amides is 2. The Morgan fingerprint density at radius 1 is 1.28 bits per heavy atom. The lowest BCUT2D eigenvalue weighted by Crippen LogP contribution is -2.37. The minimum Gasteiger partial charge on any atom is -0.354 e. The Balaban J connectivity index is 1.67. The molecule has 1 atom stereocenters. The number of nitrogens with two attached hydrogens (primary N) is 1. The summed E-state index contributed by atoms with van der Waals surface area (Å²) >= 11 is 0. The maximum atomic E-state index is 11.9. The standard InChI is InChI=1S/C13H23N3O2/c14-7-10-3-1-9(2-4-10)5-13(18)16-11-6-12(17)15-8-11/h9-11H,1-8,14H2,(H,15,17)(H,16,18). The molecule has 5 nitrogen and oxygen atoms in total. The topological polar surface area (TPSA) is 84.2 Å². The Morgan fingerprint density at radius 2 is 1.94 bits per heavy atom. The molecular weight excluding hydrogens is 230 g/mol. The molecule has 0 aromatic heterocycles. The van der Waals surface area contributed by atoms with Gasteiger partial charge in [-0.05, 0) is 44.1 Å². The van der Waals surface area contributed by atoms with E-state index in [0.717, 1.165) is 32.2 Å². The predicted octanol–water partition coefficient (Wildman–Crippen LogP) is 0.146. The first-order valence-electron chi connectivity index (χ1n) is 6.93. The van der Waals surface area contributed by atoms with Crippen LogP contribution in [-0.2, 0) is 9.59 Å². The van der Waals surface area contributed by atoms with E-state index in [-0.39, 0.29) is 17.9 Å². The molecule has 2 amide bonds. The van der Waals surface area contributed by atoms with E-state index < -0.39 is 0 Å².